The minimum absolute atomic E-state index is 0. The second-order valence-electron chi connectivity index (χ2n) is 5.96. The van der Waals surface area contributed by atoms with Crippen molar-refractivity contribution < 1.29 is 26.3 Å². The van der Waals surface area contributed by atoms with E-state index in [1.54, 1.807) is 0 Å². The molecule has 12 heteroatoms. The first-order valence-corrected chi connectivity index (χ1v) is 7.89. The Morgan fingerprint density at radius 1 is 1.03 bits per heavy atom. The predicted octanol–water partition coefficient (Wildman–Crippen LogP) is 5.29. The lowest BCUT2D eigenvalue weighted by atomic mass is 10.2. The van der Waals surface area contributed by atoms with Crippen LogP contribution in [0, 0.1) is 17.5 Å². The van der Waals surface area contributed by atoms with Crippen molar-refractivity contribution in [3.05, 3.63) is 53.5 Å². The van der Waals surface area contributed by atoms with Crippen LogP contribution in [-0.4, -0.2) is 21.7 Å². The molecule has 4 aromatic rings. The van der Waals surface area contributed by atoms with Crippen molar-refractivity contribution in [2.45, 2.75) is 6.18 Å². The molecule has 0 bridgehead atoms. The molecule has 154 valence electrons. The van der Waals surface area contributed by atoms with Crippen molar-refractivity contribution in [3.8, 4) is 0 Å². The van der Waals surface area contributed by atoms with Gasteiger partial charge in [0.1, 0.15) is 17.2 Å². The Labute approximate surface area is 165 Å². The van der Waals surface area contributed by atoms with E-state index in [4.69, 9.17) is 0 Å². The van der Waals surface area contributed by atoms with Gasteiger partial charge >= 0.3 is 6.18 Å². The highest BCUT2D eigenvalue weighted by molar-refractivity contribution is 5.94. The number of nitrogens with one attached hydrogen (secondary N) is 3. The van der Waals surface area contributed by atoms with Gasteiger partial charge in [0.2, 0.25) is 5.95 Å². The average Bonchev–Trinajstić information content (AvgIpc) is 3.16. The van der Waals surface area contributed by atoms with E-state index in [2.05, 4.69) is 20.7 Å². The number of aromatic nitrogens is 3. The zero-order valence-corrected chi connectivity index (χ0v) is 15.3. The number of hydrogen-bond acceptors (Lipinski definition) is 3. The Kier molecular flexibility index (Phi) is 5.03. The molecule has 2 heterocycles. The van der Waals surface area contributed by atoms with Gasteiger partial charge in [0.05, 0.1) is 22.3 Å². The first-order valence-electron chi connectivity index (χ1n) is 7.89. The molecule has 0 radical (unpaired) electrons. The summed E-state index contributed by atoms with van der Waals surface area (Å²) in [5.74, 6) is -2.82. The number of alkyl halides is 3. The summed E-state index contributed by atoms with van der Waals surface area (Å²) in [6.45, 7) is 0. The topological polar surface area (TPSA) is 57.7 Å². The molecule has 0 fully saturated rings. The molecule has 2 aromatic heterocycles. The molecular formula is C17H12ClF6N5. The van der Waals surface area contributed by atoms with Gasteiger partial charge in [-0.1, -0.05) is 0 Å². The molecule has 0 saturated carbocycles. The quantitative estimate of drug-likeness (QED) is 0.383. The van der Waals surface area contributed by atoms with Gasteiger partial charge in [-0.25, -0.2) is 22.8 Å². The van der Waals surface area contributed by atoms with Gasteiger partial charge in [0.25, 0.3) is 0 Å². The average molecular weight is 436 g/mol. The van der Waals surface area contributed by atoms with Crippen molar-refractivity contribution in [2.24, 2.45) is 0 Å². The zero-order chi connectivity index (χ0) is 20.2. The molecule has 2 aromatic carbocycles. The summed E-state index contributed by atoms with van der Waals surface area (Å²) in [4.78, 5) is 6.62. The van der Waals surface area contributed by atoms with Crippen LogP contribution in [0.1, 0.15) is 5.56 Å². The second-order valence-corrected chi connectivity index (χ2v) is 5.96. The normalized spacial score (nSPS) is 11.7. The van der Waals surface area contributed by atoms with Gasteiger partial charge in [-0.15, -0.1) is 12.4 Å². The number of imidazole rings is 1. The van der Waals surface area contributed by atoms with Gasteiger partial charge in [0, 0.05) is 24.7 Å². The fraction of sp³-hybridized carbons (Fsp3) is 0.118. The van der Waals surface area contributed by atoms with Crippen molar-refractivity contribution in [3.63, 3.8) is 0 Å². The molecule has 0 aliphatic carbocycles. The van der Waals surface area contributed by atoms with Gasteiger partial charge in [-0.05, 0) is 18.2 Å². The monoisotopic (exact) mass is 435 g/mol. The summed E-state index contributed by atoms with van der Waals surface area (Å²) in [5.41, 5.74) is 1.21. The zero-order valence-electron chi connectivity index (χ0n) is 14.5. The third kappa shape index (κ3) is 3.41. The summed E-state index contributed by atoms with van der Waals surface area (Å²) < 4.78 is 81.6. The van der Waals surface area contributed by atoms with Crippen molar-refractivity contribution in [2.75, 3.05) is 17.8 Å². The predicted molar refractivity (Wildman–Crippen MR) is 98.7 cm³/mol. The molecule has 0 aliphatic rings. The highest BCUT2D eigenvalue weighted by Gasteiger charge is 2.32. The molecule has 0 aliphatic heterocycles. The summed E-state index contributed by atoms with van der Waals surface area (Å²) in [6.07, 6.45) is -3.40. The van der Waals surface area contributed by atoms with Gasteiger partial charge in [0.15, 0.2) is 5.82 Å². The lowest BCUT2D eigenvalue weighted by Gasteiger charge is -2.10. The van der Waals surface area contributed by atoms with Crippen LogP contribution >= 0.6 is 12.4 Å². The molecule has 3 N–H and O–H groups in total. The number of nitrogens with zero attached hydrogens (tertiary/aromatic N) is 2. The Morgan fingerprint density at radius 3 is 2.41 bits per heavy atom. The maximum absolute atomic E-state index is 14.3. The Balaban J connectivity index is 0.00000240. The third-order valence-electron chi connectivity index (χ3n) is 4.21. The fourth-order valence-corrected chi connectivity index (χ4v) is 3.01. The van der Waals surface area contributed by atoms with Crippen LogP contribution in [0.15, 0.2) is 30.5 Å². The number of halogens is 7. The number of aromatic amines is 1. The number of anilines is 2. The van der Waals surface area contributed by atoms with Crippen LogP contribution in [0.4, 0.5) is 38.0 Å². The first-order chi connectivity index (χ1) is 13.2. The maximum Gasteiger partial charge on any atom is 0.416 e. The van der Waals surface area contributed by atoms with Crippen molar-refractivity contribution in [1.29, 1.82) is 0 Å². The van der Waals surface area contributed by atoms with Crippen LogP contribution < -0.4 is 10.7 Å². The van der Waals surface area contributed by atoms with E-state index in [0.29, 0.717) is 18.2 Å². The molecular weight excluding hydrogens is 424 g/mol. The summed E-state index contributed by atoms with van der Waals surface area (Å²) in [7, 11) is 1.41. The summed E-state index contributed by atoms with van der Waals surface area (Å²) in [5, 5.41) is 2.91. The lowest BCUT2D eigenvalue weighted by Crippen LogP contribution is -2.13. The maximum atomic E-state index is 14.3. The van der Waals surface area contributed by atoms with Crippen LogP contribution in [0.3, 0.4) is 0 Å². The largest absolute Gasteiger partial charge is 0.416 e. The van der Waals surface area contributed by atoms with Crippen molar-refractivity contribution in [1.82, 2.24) is 14.6 Å². The highest BCUT2D eigenvalue weighted by atomic mass is 35.5. The third-order valence-corrected chi connectivity index (χ3v) is 4.21. The first kappa shape index (κ1) is 20.6. The number of benzene rings is 2. The summed E-state index contributed by atoms with van der Waals surface area (Å²) in [6, 6.07) is 2.87. The molecule has 0 unspecified atom stereocenters. The molecule has 29 heavy (non-hydrogen) atoms. The van der Waals surface area contributed by atoms with E-state index in [-0.39, 0.29) is 46.0 Å². The van der Waals surface area contributed by atoms with E-state index in [9.17, 15) is 26.3 Å². The minimum atomic E-state index is -4.74. The van der Waals surface area contributed by atoms with Crippen LogP contribution in [-0.2, 0) is 6.18 Å². The van der Waals surface area contributed by atoms with E-state index < -0.39 is 29.2 Å². The molecule has 0 atom stereocenters. The standard InChI is InChI=1S/C17H11F6N5.ClH/c1-24-28-15-11(20)2-7(17(21,22)23)3-12(15)26-16(28)27-13-6-25-14-9(13)4-8(18)5-10(14)19;/h2-6,24-25H,1H3,(H,26,27);1H. The molecule has 4 rings (SSSR count). The molecule has 5 nitrogen and oxygen atoms in total. The second kappa shape index (κ2) is 7.07. The Bertz CT molecular complexity index is 1210. The number of fused-ring (bicyclic) bond motifs is 2. The van der Waals surface area contributed by atoms with Crippen LogP contribution in [0.25, 0.3) is 21.9 Å². The van der Waals surface area contributed by atoms with Gasteiger partial charge in [-0.3, -0.25) is 0 Å². The van der Waals surface area contributed by atoms with Gasteiger partial charge in [-0.2, -0.15) is 13.2 Å². The van der Waals surface area contributed by atoms with E-state index in [1.165, 1.54) is 13.2 Å². The van der Waals surface area contributed by atoms with Crippen LogP contribution in [0.2, 0.25) is 0 Å². The smallest absolute Gasteiger partial charge is 0.357 e. The number of hydrogen-bond donors (Lipinski definition) is 3. The van der Waals surface area contributed by atoms with Crippen LogP contribution in [0.5, 0.6) is 0 Å². The fourth-order valence-electron chi connectivity index (χ4n) is 3.01. The highest BCUT2D eigenvalue weighted by Crippen LogP contribution is 2.34. The van der Waals surface area contributed by atoms with E-state index in [0.717, 1.165) is 10.7 Å². The Hall–Kier alpha value is -3.08. The Morgan fingerprint density at radius 2 is 1.76 bits per heavy atom. The SMILES string of the molecule is CNn1c(Nc2c[nH]c3c(F)cc(F)cc23)nc2cc(C(F)(F)F)cc(F)c21.Cl. The molecule has 0 amide bonds. The number of rotatable bonds is 3. The van der Waals surface area contributed by atoms with E-state index >= 15 is 0 Å². The molecule has 0 saturated heterocycles. The lowest BCUT2D eigenvalue weighted by molar-refractivity contribution is -0.137. The number of H-pyrrole nitrogens is 1. The molecule has 0 spiro atoms. The van der Waals surface area contributed by atoms with E-state index in [1.807, 2.05) is 0 Å². The van der Waals surface area contributed by atoms with Crippen molar-refractivity contribution >= 4 is 46.0 Å². The van der Waals surface area contributed by atoms with Gasteiger partial charge < -0.3 is 15.7 Å². The minimum Gasteiger partial charge on any atom is -0.357 e. The summed E-state index contributed by atoms with van der Waals surface area (Å²) >= 11 is 0.